The maximum absolute atomic E-state index is 12.5. The Bertz CT molecular complexity index is 920. The molecule has 0 aliphatic heterocycles. The van der Waals surface area contributed by atoms with E-state index in [0.29, 0.717) is 13.1 Å². The first kappa shape index (κ1) is 21.7. The monoisotopic (exact) mass is 398 g/mol. The van der Waals surface area contributed by atoms with Crippen molar-refractivity contribution in [1.82, 2.24) is 15.1 Å². The quantitative estimate of drug-likeness (QED) is 0.666. The number of nitrogens with two attached hydrogens (primary N) is 1. The zero-order valence-electron chi connectivity index (χ0n) is 16.5. The Hall–Kier alpha value is -2.63. The molecule has 1 unspecified atom stereocenters. The Morgan fingerprint density at radius 2 is 1.71 bits per heavy atom. The zero-order chi connectivity index (χ0) is 19.4. The first-order valence-corrected chi connectivity index (χ1v) is 9.12. The molecule has 0 bridgehead atoms. The standard InChI is InChI=1S/C22H26N4O.ClH/c1-15-9-11-19(12-10-15)21(23)22(27)24-13-20-16(2)25-26(17(20)3)14-18-7-5-4-6-8-18;/h4-12,21H,13-14,23H2,1-3H3,(H,24,27);1H. The Kier molecular flexibility index (Phi) is 7.38. The van der Waals surface area contributed by atoms with E-state index in [0.717, 1.165) is 28.1 Å². The summed E-state index contributed by atoms with van der Waals surface area (Å²) in [5, 5.41) is 7.58. The summed E-state index contributed by atoms with van der Waals surface area (Å²) in [5.74, 6) is -0.187. The van der Waals surface area contributed by atoms with Crippen molar-refractivity contribution in [3.05, 3.63) is 88.2 Å². The van der Waals surface area contributed by atoms with Crippen molar-refractivity contribution in [2.24, 2.45) is 5.73 Å². The van der Waals surface area contributed by atoms with Crippen LogP contribution in [0.1, 0.15) is 39.7 Å². The molecule has 3 rings (SSSR count). The summed E-state index contributed by atoms with van der Waals surface area (Å²) >= 11 is 0. The SMILES string of the molecule is Cc1ccc(C(N)C(=O)NCc2c(C)nn(Cc3ccccc3)c2C)cc1.Cl. The van der Waals surface area contributed by atoms with E-state index in [1.54, 1.807) is 0 Å². The first-order chi connectivity index (χ1) is 13.0. The predicted molar refractivity (Wildman–Crippen MR) is 114 cm³/mol. The number of amides is 1. The van der Waals surface area contributed by atoms with E-state index in [4.69, 9.17) is 5.73 Å². The van der Waals surface area contributed by atoms with Crippen molar-refractivity contribution in [2.45, 2.75) is 39.9 Å². The fourth-order valence-electron chi connectivity index (χ4n) is 3.11. The number of nitrogens with one attached hydrogen (secondary N) is 1. The van der Waals surface area contributed by atoms with Crippen LogP contribution in [0.2, 0.25) is 0 Å². The molecule has 1 aromatic heterocycles. The number of hydrogen-bond donors (Lipinski definition) is 2. The summed E-state index contributed by atoms with van der Waals surface area (Å²) in [6, 6.07) is 17.3. The van der Waals surface area contributed by atoms with Crippen molar-refractivity contribution < 1.29 is 4.79 Å². The minimum Gasteiger partial charge on any atom is -0.350 e. The van der Waals surface area contributed by atoms with Gasteiger partial charge in [-0.1, -0.05) is 60.2 Å². The van der Waals surface area contributed by atoms with E-state index >= 15 is 0 Å². The van der Waals surface area contributed by atoms with Crippen LogP contribution in [0.25, 0.3) is 0 Å². The van der Waals surface area contributed by atoms with Crippen molar-refractivity contribution in [1.29, 1.82) is 0 Å². The second-order valence-electron chi connectivity index (χ2n) is 6.90. The molecule has 28 heavy (non-hydrogen) atoms. The van der Waals surface area contributed by atoms with Crippen LogP contribution in [-0.4, -0.2) is 15.7 Å². The summed E-state index contributed by atoms with van der Waals surface area (Å²) in [7, 11) is 0. The van der Waals surface area contributed by atoms with Gasteiger partial charge in [0.15, 0.2) is 0 Å². The molecular weight excluding hydrogens is 372 g/mol. The highest BCUT2D eigenvalue weighted by Crippen LogP contribution is 2.16. The lowest BCUT2D eigenvalue weighted by molar-refractivity contribution is -0.122. The van der Waals surface area contributed by atoms with Gasteiger partial charge in [-0.2, -0.15) is 5.10 Å². The van der Waals surface area contributed by atoms with Crippen LogP contribution in [-0.2, 0) is 17.9 Å². The molecule has 0 spiro atoms. The van der Waals surface area contributed by atoms with Gasteiger partial charge in [-0.15, -0.1) is 12.4 Å². The Morgan fingerprint density at radius 3 is 2.36 bits per heavy atom. The lowest BCUT2D eigenvalue weighted by Crippen LogP contribution is -2.33. The predicted octanol–water partition coefficient (Wildman–Crippen LogP) is 3.59. The minimum atomic E-state index is -0.675. The molecule has 0 fully saturated rings. The molecule has 3 aromatic rings. The second-order valence-corrected chi connectivity index (χ2v) is 6.90. The molecule has 3 N–H and O–H groups in total. The molecule has 2 aromatic carbocycles. The Balaban J connectivity index is 0.00000280. The number of halogens is 1. The van der Waals surface area contributed by atoms with E-state index < -0.39 is 6.04 Å². The first-order valence-electron chi connectivity index (χ1n) is 9.12. The van der Waals surface area contributed by atoms with Gasteiger partial charge in [0, 0.05) is 17.8 Å². The molecule has 0 saturated carbocycles. The lowest BCUT2D eigenvalue weighted by Gasteiger charge is -2.13. The number of benzene rings is 2. The summed E-state index contributed by atoms with van der Waals surface area (Å²) in [4.78, 5) is 12.5. The fourth-order valence-corrected chi connectivity index (χ4v) is 3.11. The number of nitrogens with zero attached hydrogens (tertiary/aromatic N) is 2. The van der Waals surface area contributed by atoms with Crippen LogP contribution in [0.3, 0.4) is 0 Å². The van der Waals surface area contributed by atoms with Crippen LogP contribution >= 0.6 is 12.4 Å². The van der Waals surface area contributed by atoms with Crippen molar-refractivity contribution in [3.8, 4) is 0 Å². The van der Waals surface area contributed by atoms with Crippen molar-refractivity contribution in [3.63, 3.8) is 0 Å². The molecule has 1 amide bonds. The van der Waals surface area contributed by atoms with Crippen LogP contribution in [0, 0.1) is 20.8 Å². The molecular formula is C22H27ClN4O. The average molecular weight is 399 g/mol. The van der Waals surface area contributed by atoms with E-state index in [2.05, 4.69) is 22.5 Å². The third-order valence-electron chi connectivity index (χ3n) is 4.86. The van der Waals surface area contributed by atoms with Gasteiger partial charge in [0.2, 0.25) is 5.91 Å². The topological polar surface area (TPSA) is 72.9 Å². The maximum Gasteiger partial charge on any atom is 0.241 e. The third-order valence-corrected chi connectivity index (χ3v) is 4.86. The molecule has 148 valence electrons. The zero-order valence-corrected chi connectivity index (χ0v) is 17.3. The van der Waals surface area contributed by atoms with Gasteiger partial charge in [-0.3, -0.25) is 9.48 Å². The molecule has 0 aliphatic rings. The highest BCUT2D eigenvalue weighted by atomic mass is 35.5. The Labute approximate surface area is 172 Å². The number of carbonyl (C=O) groups excluding carboxylic acids is 1. The normalized spacial score (nSPS) is 11.6. The number of rotatable bonds is 6. The van der Waals surface area contributed by atoms with Crippen molar-refractivity contribution >= 4 is 18.3 Å². The molecule has 0 aliphatic carbocycles. The van der Waals surface area contributed by atoms with Gasteiger partial charge in [0.25, 0.3) is 0 Å². The van der Waals surface area contributed by atoms with Crippen LogP contribution in [0.5, 0.6) is 0 Å². The van der Waals surface area contributed by atoms with Gasteiger partial charge in [-0.25, -0.2) is 0 Å². The minimum absolute atomic E-state index is 0. The second kappa shape index (κ2) is 9.53. The molecule has 1 atom stereocenters. The van der Waals surface area contributed by atoms with E-state index in [1.165, 1.54) is 5.56 Å². The highest BCUT2D eigenvalue weighted by molar-refractivity contribution is 5.85. The Morgan fingerprint density at radius 1 is 1.07 bits per heavy atom. The van der Waals surface area contributed by atoms with Gasteiger partial charge in [0.1, 0.15) is 6.04 Å². The van der Waals surface area contributed by atoms with Gasteiger partial charge >= 0.3 is 0 Å². The van der Waals surface area contributed by atoms with Gasteiger partial charge in [-0.05, 0) is 31.9 Å². The summed E-state index contributed by atoms with van der Waals surface area (Å²) in [5.41, 5.74) is 12.3. The summed E-state index contributed by atoms with van der Waals surface area (Å²) in [6.45, 7) is 7.14. The lowest BCUT2D eigenvalue weighted by atomic mass is 10.1. The number of carbonyl (C=O) groups is 1. The van der Waals surface area contributed by atoms with Crippen LogP contribution < -0.4 is 11.1 Å². The average Bonchev–Trinajstić information content (AvgIpc) is 2.93. The molecule has 0 saturated heterocycles. The van der Waals surface area contributed by atoms with Crippen LogP contribution in [0.15, 0.2) is 54.6 Å². The van der Waals surface area contributed by atoms with Gasteiger partial charge in [0.05, 0.1) is 12.2 Å². The van der Waals surface area contributed by atoms with E-state index in [1.807, 2.05) is 67.9 Å². The third kappa shape index (κ3) is 5.00. The van der Waals surface area contributed by atoms with Crippen LogP contribution in [0.4, 0.5) is 0 Å². The maximum atomic E-state index is 12.5. The fraction of sp³-hybridized carbons (Fsp3) is 0.273. The smallest absolute Gasteiger partial charge is 0.241 e. The van der Waals surface area contributed by atoms with Crippen molar-refractivity contribution in [2.75, 3.05) is 0 Å². The van der Waals surface area contributed by atoms with E-state index in [-0.39, 0.29) is 18.3 Å². The number of hydrogen-bond acceptors (Lipinski definition) is 3. The summed E-state index contributed by atoms with van der Waals surface area (Å²) in [6.07, 6.45) is 0. The highest BCUT2D eigenvalue weighted by Gasteiger charge is 2.17. The molecule has 5 nitrogen and oxygen atoms in total. The van der Waals surface area contributed by atoms with Gasteiger partial charge < -0.3 is 11.1 Å². The molecule has 1 heterocycles. The molecule has 6 heteroatoms. The van der Waals surface area contributed by atoms with E-state index in [9.17, 15) is 4.79 Å². The summed E-state index contributed by atoms with van der Waals surface area (Å²) < 4.78 is 1.98. The largest absolute Gasteiger partial charge is 0.350 e. The molecule has 0 radical (unpaired) electrons. The number of aromatic nitrogens is 2. The number of aryl methyl sites for hydroxylation is 2.